The van der Waals surface area contributed by atoms with E-state index in [0.717, 1.165) is 41.4 Å². The fraction of sp³-hybridized carbons (Fsp3) is 0.481. The van der Waals surface area contributed by atoms with Crippen LogP contribution in [0, 0.1) is 0 Å². The molecule has 0 radical (unpaired) electrons. The third kappa shape index (κ3) is 5.53. The number of para-hydroxylation sites is 2. The van der Waals surface area contributed by atoms with Gasteiger partial charge in [0.15, 0.2) is 0 Å². The van der Waals surface area contributed by atoms with Crippen molar-refractivity contribution < 1.29 is 19.0 Å². The van der Waals surface area contributed by atoms with Gasteiger partial charge in [-0.25, -0.2) is 4.98 Å². The quantitative estimate of drug-likeness (QED) is 0.508. The van der Waals surface area contributed by atoms with Gasteiger partial charge in [0.1, 0.15) is 23.9 Å². The predicted octanol–water partition coefficient (Wildman–Crippen LogP) is 4.61. The second kappa shape index (κ2) is 10.6. The molecule has 4 rings (SSSR count). The van der Waals surface area contributed by atoms with Gasteiger partial charge in [-0.3, -0.25) is 4.79 Å². The number of aromatic nitrogens is 2. The summed E-state index contributed by atoms with van der Waals surface area (Å²) in [5, 5.41) is 3.07. The number of morpholine rings is 1. The summed E-state index contributed by atoms with van der Waals surface area (Å²) in [5.41, 5.74) is 3.16. The van der Waals surface area contributed by atoms with Crippen molar-refractivity contribution in [3.8, 4) is 11.5 Å². The highest BCUT2D eigenvalue weighted by Crippen LogP contribution is 2.39. The lowest BCUT2D eigenvalue weighted by Gasteiger charge is -2.31. The standard InChI is InChI=1S/C27H36N4O4/c1-6-34-23-17-22(30-12-14-33-15-13-30)24(35-7-2)16-20(23)28-25(32)18-31-21-11-9-8-10-19(21)29-26(31)27(3,4)5/h8-11,16-17H,6-7,12-15,18H2,1-5H3,(H,28,32). The SMILES string of the molecule is CCOc1cc(N2CCOCC2)c(OCC)cc1NC(=O)Cn1c(C(C)(C)C)nc2ccccc21. The molecule has 0 unspecified atom stereocenters. The molecule has 1 aliphatic rings. The number of hydrogen-bond donors (Lipinski definition) is 1. The van der Waals surface area contributed by atoms with Crippen molar-refractivity contribution in [3.63, 3.8) is 0 Å². The van der Waals surface area contributed by atoms with Crippen molar-refractivity contribution in [3.05, 3.63) is 42.2 Å². The van der Waals surface area contributed by atoms with Gasteiger partial charge in [0.05, 0.1) is 48.8 Å². The molecule has 0 spiro atoms. The minimum Gasteiger partial charge on any atom is -0.492 e. The van der Waals surface area contributed by atoms with E-state index in [1.54, 1.807) is 0 Å². The molecule has 2 heterocycles. The Morgan fingerprint density at radius 2 is 1.74 bits per heavy atom. The van der Waals surface area contributed by atoms with Gasteiger partial charge in [-0.1, -0.05) is 32.9 Å². The maximum absolute atomic E-state index is 13.3. The lowest BCUT2D eigenvalue weighted by molar-refractivity contribution is -0.116. The predicted molar refractivity (Wildman–Crippen MR) is 139 cm³/mol. The molecule has 188 valence electrons. The molecular formula is C27H36N4O4. The molecule has 1 saturated heterocycles. The first-order chi connectivity index (χ1) is 16.8. The van der Waals surface area contributed by atoms with Gasteiger partial charge in [0.2, 0.25) is 5.91 Å². The smallest absolute Gasteiger partial charge is 0.244 e. The van der Waals surface area contributed by atoms with Crippen LogP contribution in [0.15, 0.2) is 36.4 Å². The Morgan fingerprint density at radius 3 is 2.43 bits per heavy atom. The molecule has 8 nitrogen and oxygen atoms in total. The second-order valence-electron chi connectivity index (χ2n) is 9.59. The largest absolute Gasteiger partial charge is 0.492 e. The molecule has 0 saturated carbocycles. The lowest BCUT2D eigenvalue weighted by atomic mass is 9.95. The van der Waals surface area contributed by atoms with Crippen LogP contribution in [0.4, 0.5) is 11.4 Å². The van der Waals surface area contributed by atoms with Crippen molar-refractivity contribution in [2.45, 2.75) is 46.6 Å². The number of nitrogens with one attached hydrogen (secondary N) is 1. The Labute approximate surface area is 207 Å². The maximum atomic E-state index is 13.3. The van der Waals surface area contributed by atoms with E-state index in [-0.39, 0.29) is 17.9 Å². The van der Waals surface area contributed by atoms with Gasteiger partial charge in [0.25, 0.3) is 0 Å². The molecule has 1 N–H and O–H groups in total. The van der Waals surface area contributed by atoms with Crippen LogP contribution in [0.2, 0.25) is 0 Å². The average Bonchev–Trinajstić information content (AvgIpc) is 3.20. The van der Waals surface area contributed by atoms with E-state index < -0.39 is 0 Å². The van der Waals surface area contributed by atoms with E-state index in [2.05, 4.69) is 31.0 Å². The highest BCUT2D eigenvalue weighted by molar-refractivity contribution is 5.94. The lowest BCUT2D eigenvalue weighted by Crippen LogP contribution is -2.36. The molecule has 35 heavy (non-hydrogen) atoms. The Kier molecular flexibility index (Phi) is 7.50. The molecule has 0 aliphatic carbocycles. The van der Waals surface area contributed by atoms with Crippen molar-refractivity contribution in [1.82, 2.24) is 9.55 Å². The van der Waals surface area contributed by atoms with E-state index in [1.807, 2.05) is 54.8 Å². The van der Waals surface area contributed by atoms with Crippen LogP contribution in [0.5, 0.6) is 11.5 Å². The number of anilines is 2. The first kappa shape index (κ1) is 24.9. The Balaban J connectivity index is 1.66. The number of hydrogen-bond acceptors (Lipinski definition) is 6. The van der Waals surface area contributed by atoms with Crippen LogP contribution in [0.1, 0.15) is 40.4 Å². The summed E-state index contributed by atoms with van der Waals surface area (Å²) in [4.78, 5) is 20.4. The van der Waals surface area contributed by atoms with E-state index in [4.69, 9.17) is 19.2 Å². The van der Waals surface area contributed by atoms with Gasteiger partial charge in [-0.05, 0) is 26.0 Å². The molecule has 1 fully saturated rings. The zero-order valence-corrected chi connectivity index (χ0v) is 21.4. The Bertz CT molecular complexity index is 1180. The monoisotopic (exact) mass is 480 g/mol. The van der Waals surface area contributed by atoms with Crippen molar-refractivity contribution in [2.24, 2.45) is 0 Å². The topological polar surface area (TPSA) is 77.9 Å². The second-order valence-corrected chi connectivity index (χ2v) is 9.59. The van der Waals surface area contributed by atoms with Crippen LogP contribution >= 0.6 is 0 Å². The normalized spacial score (nSPS) is 14.3. The fourth-order valence-electron chi connectivity index (χ4n) is 4.39. The third-order valence-corrected chi connectivity index (χ3v) is 5.91. The van der Waals surface area contributed by atoms with Gasteiger partial charge in [-0.2, -0.15) is 0 Å². The summed E-state index contributed by atoms with van der Waals surface area (Å²) in [5.74, 6) is 2.06. The number of carbonyl (C=O) groups excluding carboxylic acids is 1. The van der Waals surface area contributed by atoms with E-state index in [9.17, 15) is 4.79 Å². The van der Waals surface area contributed by atoms with Gasteiger partial charge >= 0.3 is 0 Å². The average molecular weight is 481 g/mol. The van der Waals surface area contributed by atoms with Crippen LogP contribution in [0.25, 0.3) is 11.0 Å². The fourth-order valence-corrected chi connectivity index (χ4v) is 4.39. The number of nitrogens with zero attached hydrogens (tertiary/aromatic N) is 3. The Hall–Kier alpha value is -3.26. The number of benzene rings is 2. The van der Waals surface area contributed by atoms with Crippen LogP contribution in [-0.4, -0.2) is 55.0 Å². The summed E-state index contributed by atoms with van der Waals surface area (Å²) in [7, 11) is 0. The molecular weight excluding hydrogens is 444 g/mol. The van der Waals surface area contributed by atoms with Gasteiger partial charge < -0.3 is 29.0 Å². The number of imidazole rings is 1. The minimum atomic E-state index is -0.211. The highest BCUT2D eigenvalue weighted by Gasteiger charge is 2.25. The minimum absolute atomic E-state index is 0.147. The van der Waals surface area contributed by atoms with Gasteiger partial charge in [-0.15, -0.1) is 0 Å². The number of amides is 1. The number of carbonyl (C=O) groups is 1. The molecule has 1 aliphatic heterocycles. The van der Waals surface area contributed by atoms with Crippen molar-refractivity contribution in [1.29, 1.82) is 0 Å². The number of rotatable bonds is 8. The van der Waals surface area contributed by atoms with Crippen molar-refractivity contribution in [2.75, 3.05) is 49.7 Å². The zero-order chi connectivity index (χ0) is 25.0. The van der Waals surface area contributed by atoms with E-state index in [0.29, 0.717) is 37.9 Å². The van der Waals surface area contributed by atoms with Crippen LogP contribution < -0.4 is 19.7 Å². The molecule has 0 atom stereocenters. The third-order valence-electron chi connectivity index (χ3n) is 5.91. The highest BCUT2D eigenvalue weighted by atomic mass is 16.5. The first-order valence-electron chi connectivity index (χ1n) is 12.3. The zero-order valence-electron chi connectivity index (χ0n) is 21.4. The molecule has 3 aromatic rings. The van der Waals surface area contributed by atoms with Crippen LogP contribution in [0.3, 0.4) is 0 Å². The van der Waals surface area contributed by atoms with E-state index >= 15 is 0 Å². The van der Waals surface area contributed by atoms with Crippen LogP contribution in [-0.2, 0) is 21.5 Å². The summed E-state index contributed by atoms with van der Waals surface area (Å²) in [6, 6.07) is 11.7. The first-order valence-corrected chi connectivity index (χ1v) is 12.3. The summed E-state index contributed by atoms with van der Waals surface area (Å²) >= 11 is 0. The summed E-state index contributed by atoms with van der Waals surface area (Å²) in [6.45, 7) is 14.3. The number of fused-ring (bicyclic) bond motifs is 1. The van der Waals surface area contributed by atoms with Gasteiger partial charge in [0, 0.05) is 30.6 Å². The Morgan fingerprint density at radius 1 is 1.06 bits per heavy atom. The molecule has 8 heteroatoms. The van der Waals surface area contributed by atoms with Crippen molar-refractivity contribution >= 4 is 28.3 Å². The summed E-state index contributed by atoms with van der Waals surface area (Å²) in [6.07, 6.45) is 0. The molecule has 0 bridgehead atoms. The molecule has 1 amide bonds. The summed E-state index contributed by atoms with van der Waals surface area (Å²) < 4.78 is 19.4. The number of ether oxygens (including phenoxy) is 3. The maximum Gasteiger partial charge on any atom is 0.244 e. The molecule has 1 aromatic heterocycles. The molecule has 2 aromatic carbocycles. The van der Waals surface area contributed by atoms with E-state index in [1.165, 1.54) is 0 Å².